The Balaban J connectivity index is 1.39. The lowest BCUT2D eigenvalue weighted by atomic mass is 9.93. The Hall–Kier alpha value is -3.55. The predicted octanol–water partition coefficient (Wildman–Crippen LogP) is 5.33. The highest BCUT2D eigenvalue weighted by Crippen LogP contribution is 2.46. The Labute approximate surface area is 188 Å². The third kappa shape index (κ3) is 4.94. The summed E-state index contributed by atoms with van der Waals surface area (Å²) in [5.41, 5.74) is 4.09. The van der Waals surface area contributed by atoms with Crippen LogP contribution in [0.1, 0.15) is 41.0 Å². The molecule has 1 unspecified atom stereocenters. The van der Waals surface area contributed by atoms with E-state index in [0.29, 0.717) is 5.56 Å². The van der Waals surface area contributed by atoms with Crippen molar-refractivity contribution in [3.63, 3.8) is 0 Å². The molecule has 0 radical (unpaired) electrons. The molecule has 0 heterocycles. The van der Waals surface area contributed by atoms with Crippen LogP contribution in [0.2, 0.25) is 0 Å². The zero-order valence-corrected chi connectivity index (χ0v) is 17.6. The van der Waals surface area contributed by atoms with Crippen LogP contribution < -0.4 is 5.32 Å². The van der Waals surface area contributed by atoms with E-state index in [2.05, 4.69) is 23.5 Å². The first kappa shape index (κ1) is 22.6. The molecule has 0 bridgehead atoms. The average Bonchev–Trinajstić information content (AvgIpc) is 3.11. The first-order valence-electron chi connectivity index (χ1n) is 10.5. The summed E-state index contributed by atoms with van der Waals surface area (Å²) < 4.78 is 43.5. The molecule has 1 amide bonds. The maximum atomic E-state index is 12.7. The van der Waals surface area contributed by atoms with Crippen LogP contribution in [0.15, 0.2) is 66.3 Å². The second-order valence-electron chi connectivity index (χ2n) is 8.05. The minimum Gasteiger partial charge on any atom is -0.480 e. The number of halogens is 3. The Morgan fingerprint density at radius 2 is 1.85 bits per heavy atom. The summed E-state index contributed by atoms with van der Waals surface area (Å²) in [5, 5.41) is 11.8. The summed E-state index contributed by atoms with van der Waals surface area (Å²) in [7, 11) is 0. The number of hydrogen-bond acceptors (Lipinski definition) is 3. The van der Waals surface area contributed by atoms with Gasteiger partial charge >= 0.3 is 18.2 Å². The standard InChI is InChI=1S/C25H22F3NO4/c26-25(27,28)16-11-9-15(10-12-16)13-22(23(30)31)29-24(32)33-14-21-19-7-3-1-5-17(19)18-6-2-4-8-20(18)21/h1,3-5,7-12,21-22H,2,6,13-14H2,(H,29,32)(H,30,31)/t21?,22-/m0/s1. The molecule has 0 saturated heterocycles. The monoisotopic (exact) mass is 457 g/mol. The lowest BCUT2D eigenvalue weighted by molar-refractivity contribution is -0.139. The topological polar surface area (TPSA) is 75.6 Å². The molecule has 8 heteroatoms. The Kier molecular flexibility index (Phi) is 6.26. The normalized spacial score (nSPS) is 17.8. The lowest BCUT2D eigenvalue weighted by Crippen LogP contribution is -2.42. The van der Waals surface area contributed by atoms with Crippen LogP contribution in [-0.2, 0) is 22.1 Å². The third-order valence-electron chi connectivity index (χ3n) is 5.94. The molecule has 0 spiro atoms. The van der Waals surface area contributed by atoms with Gasteiger partial charge in [-0.3, -0.25) is 0 Å². The molecule has 2 aliphatic rings. The lowest BCUT2D eigenvalue weighted by Gasteiger charge is -2.19. The number of carbonyl (C=O) groups excluding carboxylic acids is 1. The van der Waals surface area contributed by atoms with Gasteiger partial charge in [0, 0.05) is 12.3 Å². The fraction of sp³-hybridized carbons (Fsp3) is 0.280. The molecule has 0 aliphatic heterocycles. The number of aliphatic carboxylic acids is 1. The van der Waals surface area contributed by atoms with E-state index in [9.17, 15) is 27.9 Å². The minimum absolute atomic E-state index is 0.0542. The number of ether oxygens (including phenoxy) is 1. The number of rotatable bonds is 6. The molecule has 2 atom stereocenters. The highest BCUT2D eigenvalue weighted by Gasteiger charge is 2.32. The van der Waals surface area contributed by atoms with Crippen molar-refractivity contribution in [2.45, 2.75) is 37.4 Å². The molecule has 0 saturated carbocycles. The summed E-state index contributed by atoms with van der Waals surface area (Å²) in [4.78, 5) is 24.0. The van der Waals surface area contributed by atoms with Crippen LogP contribution in [-0.4, -0.2) is 29.8 Å². The Bertz CT molecular complexity index is 1120. The summed E-state index contributed by atoms with van der Waals surface area (Å²) >= 11 is 0. The van der Waals surface area contributed by atoms with E-state index in [1.54, 1.807) is 0 Å². The smallest absolute Gasteiger partial charge is 0.416 e. The second kappa shape index (κ2) is 9.13. The van der Waals surface area contributed by atoms with Crippen LogP contribution >= 0.6 is 0 Å². The maximum Gasteiger partial charge on any atom is 0.416 e. The third-order valence-corrected chi connectivity index (χ3v) is 5.94. The van der Waals surface area contributed by atoms with Crippen LogP contribution in [0.3, 0.4) is 0 Å². The van der Waals surface area contributed by atoms with Crippen molar-refractivity contribution < 1.29 is 32.6 Å². The Morgan fingerprint density at radius 1 is 1.12 bits per heavy atom. The fourth-order valence-corrected chi connectivity index (χ4v) is 4.33. The SMILES string of the molecule is O=C(N[C@@H](Cc1ccc(C(F)(F)F)cc1)C(=O)O)OCC1C2=C(CCC=C2)c2ccccc21. The molecular weight excluding hydrogens is 435 g/mol. The first-order valence-corrected chi connectivity index (χ1v) is 10.5. The highest BCUT2D eigenvalue weighted by molar-refractivity contribution is 5.82. The van der Waals surface area contributed by atoms with Gasteiger partial charge in [-0.2, -0.15) is 13.2 Å². The molecule has 33 heavy (non-hydrogen) atoms. The van der Waals surface area contributed by atoms with Crippen LogP contribution in [0.5, 0.6) is 0 Å². The zero-order chi connectivity index (χ0) is 23.6. The molecule has 0 fully saturated rings. The quantitative estimate of drug-likeness (QED) is 0.615. The molecule has 2 aliphatic carbocycles. The van der Waals surface area contributed by atoms with Crippen LogP contribution in [0.25, 0.3) is 5.57 Å². The van der Waals surface area contributed by atoms with Gasteiger partial charge in [0.1, 0.15) is 12.6 Å². The number of fused-ring (bicyclic) bond motifs is 2. The number of nitrogens with one attached hydrogen (secondary N) is 1. The molecule has 2 aromatic carbocycles. The van der Waals surface area contributed by atoms with Gasteiger partial charge in [-0.25, -0.2) is 9.59 Å². The van der Waals surface area contributed by atoms with E-state index in [4.69, 9.17) is 4.74 Å². The van der Waals surface area contributed by atoms with E-state index >= 15 is 0 Å². The largest absolute Gasteiger partial charge is 0.480 e. The number of hydrogen-bond donors (Lipinski definition) is 2. The van der Waals surface area contributed by atoms with Gasteiger partial charge in [0.2, 0.25) is 0 Å². The number of alkyl carbamates (subject to hydrolysis) is 1. The maximum absolute atomic E-state index is 12.7. The van der Waals surface area contributed by atoms with Gasteiger partial charge in [0.15, 0.2) is 0 Å². The van der Waals surface area contributed by atoms with E-state index in [1.807, 2.05) is 18.2 Å². The molecule has 2 N–H and O–H groups in total. The summed E-state index contributed by atoms with van der Waals surface area (Å²) in [5.74, 6) is -1.44. The first-order chi connectivity index (χ1) is 15.7. The zero-order valence-electron chi connectivity index (χ0n) is 17.6. The van der Waals surface area contributed by atoms with E-state index in [0.717, 1.165) is 41.7 Å². The van der Waals surface area contributed by atoms with Crippen LogP contribution in [0.4, 0.5) is 18.0 Å². The van der Waals surface area contributed by atoms with Crippen molar-refractivity contribution in [3.8, 4) is 0 Å². The van der Waals surface area contributed by atoms with Crippen molar-refractivity contribution in [1.29, 1.82) is 0 Å². The summed E-state index contributed by atoms with van der Waals surface area (Å²) in [6, 6.07) is 10.8. The number of carboxylic acids is 1. The van der Waals surface area contributed by atoms with Crippen molar-refractivity contribution in [3.05, 3.63) is 88.5 Å². The second-order valence-corrected chi connectivity index (χ2v) is 8.05. The van der Waals surface area contributed by atoms with Crippen molar-refractivity contribution in [1.82, 2.24) is 5.32 Å². The number of allylic oxidation sites excluding steroid dienone is 3. The van der Waals surface area contributed by atoms with Crippen molar-refractivity contribution in [2.24, 2.45) is 0 Å². The van der Waals surface area contributed by atoms with Crippen molar-refractivity contribution >= 4 is 17.6 Å². The summed E-state index contributed by atoms with van der Waals surface area (Å²) in [6.07, 6.45) is 0.463. The Morgan fingerprint density at radius 3 is 2.55 bits per heavy atom. The van der Waals surface area contributed by atoms with Gasteiger partial charge in [-0.15, -0.1) is 0 Å². The van der Waals surface area contributed by atoms with Crippen molar-refractivity contribution in [2.75, 3.05) is 6.61 Å². The predicted molar refractivity (Wildman–Crippen MR) is 116 cm³/mol. The fourth-order valence-electron chi connectivity index (χ4n) is 4.33. The van der Waals surface area contributed by atoms with E-state index < -0.39 is 29.8 Å². The molecule has 4 rings (SSSR count). The summed E-state index contributed by atoms with van der Waals surface area (Å²) in [6.45, 7) is 0.0542. The van der Waals surface area contributed by atoms with E-state index in [-0.39, 0.29) is 18.9 Å². The number of alkyl halides is 3. The molecule has 2 aromatic rings. The molecule has 0 aromatic heterocycles. The number of benzene rings is 2. The molecule has 172 valence electrons. The van der Waals surface area contributed by atoms with E-state index in [1.165, 1.54) is 17.7 Å². The number of carbonyl (C=O) groups is 2. The minimum atomic E-state index is -4.48. The van der Waals surface area contributed by atoms with Gasteiger partial charge in [-0.05, 0) is 52.8 Å². The molecule has 5 nitrogen and oxygen atoms in total. The van der Waals surface area contributed by atoms with Gasteiger partial charge in [0.25, 0.3) is 0 Å². The molecular formula is C25H22F3NO4. The van der Waals surface area contributed by atoms with Gasteiger partial charge in [0.05, 0.1) is 5.56 Å². The highest BCUT2D eigenvalue weighted by atomic mass is 19.4. The van der Waals surface area contributed by atoms with Gasteiger partial charge in [-0.1, -0.05) is 48.6 Å². The van der Waals surface area contributed by atoms with Crippen LogP contribution in [0, 0.1) is 0 Å². The number of carboxylic acid groups (broad SMARTS) is 1. The van der Waals surface area contributed by atoms with Gasteiger partial charge < -0.3 is 15.2 Å². The average molecular weight is 457 g/mol. The number of amides is 1.